The summed E-state index contributed by atoms with van der Waals surface area (Å²) in [5.41, 5.74) is 9.66. The van der Waals surface area contributed by atoms with Crippen LogP contribution in [0.25, 0.3) is 5.69 Å². The van der Waals surface area contributed by atoms with E-state index in [0.29, 0.717) is 0 Å². The van der Waals surface area contributed by atoms with Crippen LogP contribution in [0.5, 0.6) is 0 Å². The fourth-order valence-electron chi connectivity index (χ4n) is 2.32. The molecule has 3 aromatic rings. The normalized spacial score (nSPS) is 10.5. The second kappa shape index (κ2) is 5.92. The molecule has 0 fully saturated rings. The van der Waals surface area contributed by atoms with E-state index in [4.69, 9.17) is 5.73 Å². The van der Waals surface area contributed by atoms with Crippen LogP contribution >= 0.6 is 0 Å². The van der Waals surface area contributed by atoms with Gasteiger partial charge in [-0.15, -0.1) is 5.10 Å². The minimum atomic E-state index is -0.378. The van der Waals surface area contributed by atoms with Crippen LogP contribution in [0.1, 0.15) is 21.6 Å². The molecule has 1 amide bonds. The van der Waals surface area contributed by atoms with Gasteiger partial charge in [0.05, 0.1) is 5.69 Å². The van der Waals surface area contributed by atoms with Gasteiger partial charge in [-0.1, -0.05) is 41.6 Å². The summed E-state index contributed by atoms with van der Waals surface area (Å²) in [6.45, 7) is 3.87. The number of aromatic nitrogens is 3. The van der Waals surface area contributed by atoms with Gasteiger partial charge in [0, 0.05) is 5.69 Å². The van der Waals surface area contributed by atoms with Crippen molar-refractivity contribution >= 4 is 17.4 Å². The number of benzene rings is 2. The van der Waals surface area contributed by atoms with E-state index in [2.05, 4.69) is 15.6 Å². The van der Waals surface area contributed by atoms with E-state index in [1.165, 1.54) is 4.68 Å². The van der Waals surface area contributed by atoms with Crippen molar-refractivity contribution in [3.8, 4) is 5.69 Å². The molecule has 0 saturated heterocycles. The zero-order chi connectivity index (χ0) is 16.4. The van der Waals surface area contributed by atoms with E-state index in [1.807, 2.05) is 62.4 Å². The molecule has 1 heterocycles. The highest BCUT2D eigenvalue weighted by molar-refractivity contribution is 6.06. The average molecular weight is 307 g/mol. The molecule has 1 aromatic heterocycles. The highest BCUT2D eigenvalue weighted by Crippen LogP contribution is 2.20. The van der Waals surface area contributed by atoms with Gasteiger partial charge < -0.3 is 11.1 Å². The van der Waals surface area contributed by atoms with Gasteiger partial charge in [-0.3, -0.25) is 4.79 Å². The second-order valence-electron chi connectivity index (χ2n) is 5.29. The molecule has 3 rings (SSSR count). The molecule has 0 atom stereocenters. The number of rotatable bonds is 3. The molecule has 0 saturated carbocycles. The van der Waals surface area contributed by atoms with Crippen molar-refractivity contribution in [2.75, 3.05) is 11.1 Å². The Morgan fingerprint density at radius 2 is 1.70 bits per heavy atom. The first-order valence-electron chi connectivity index (χ1n) is 7.22. The topological polar surface area (TPSA) is 85.8 Å². The van der Waals surface area contributed by atoms with Crippen molar-refractivity contribution in [3.05, 3.63) is 65.4 Å². The molecular formula is C17H17N5O. The van der Waals surface area contributed by atoms with Crippen LogP contribution < -0.4 is 11.1 Å². The number of nitrogen functional groups attached to an aromatic ring is 1. The molecule has 0 aliphatic heterocycles. The molecule has 0 aliphatic rings. The maximum Gasteiger partial charge on any atom is 0.280 e. The molecule has 6 heteroatoms. The quantitative estimate of drug-likeness (QED) is 0.779. The monoisotopic (exact) mass is 307 g/mol. The van der Waals surface area contributed by atoms with Gasteiger partial charge in [-0.25, -0.2) is 0 Å². The first-order valence-corrected chi connectivity index (χ1v) is 7.22. The summed E-state index contributed by atoms with van der Waals surface area (Å²) in [5, 5.41) is 10.8. The van der Waals surface area contributed by atoms with E-state index in [1.54, 1.807) is 0 Å². The number of hydrogen-bond acceptors (Lipinski definition) is 4. The number of aryl methyl sites for hydroxylation is 2. The summed E-state index contributed by atoms with van der Waals surface area (Å²) in [5.74, 6) is -0.165. The van der Waals surface area contributed by atoms with Gasteiger partial charge in [0.15, 0.2) is 11.5 Å². The maximum absolute atomic E-state index is 12.4. The number of carbonyl (C=O) groups excluding carboxylic acids is 1. The van der Waals surface area contributed by atoms with Crippen molar-refractivity contribution < 1.29 is 4.79 Å². The number of nitrogens with zero attached hydrogens (tertiary/aromatic N) is 3. The Balaban J connectivity index is 1.92. The first-order chi connectivity index (χ1) is 11.1. The zero-order valence-electron chi connectivity index (χ0n) is 12.9. The number of anilines is 2. The summed E-state index contributed by atoms with van der Waals surface area (Å²) in [6.07, 6.45) is 0. The van der Waals surface area contributed by atoms with E-state index in [9.17, 15) is 4.79 Å². The third kappa shape index (κ3) is 2.78. The molecule has 0 spiro atoms. The fourth-order valence-corrected chi connectivity index (χ4v) is 2.32. The van der Waals surface area contributed by atoms with Crippen molar-refractivity contribution in [3.63, 3.8) is 0 Å². The van der Waals surface area contributed by atoms with Gasteiger partial charge in [0.1, 0.15) is 0 Å². The lowest BCUT2D eigenvalue weighted by atomic mass is 10.2. The summed E-state index contributed by atoms with van der Waals surface area (Å²) < 4.78 is 1.47. The Labute approximate surface area is 133 Å². The van der Waals surface area contributed by atoms with Crippen LogP contribution in [0.2, 0.25) is 0 Å². The molecule has 23 heavy (non-hydrogen) atoms. The number of nitrogens with one attached hydrogen (secondary N) is 1. The lowest BCUT2D eigenvalue weighted by molar-refractivity contribution is 0.102. The number of nitrogens with two attached hydrogens (primary N) is 1. The van der Waals surface area contributed by atoms with Crippen molar-refractivity contribution in [2.45, 2.75) is 13.8 Å². The number of hydrogen-bond donors (Lipinski definition) is 2. The molecular weight excluding hydrogens is 290 g/mol. The largest absolute Gasteiger partial charge is 0.382 e. The molecule has 3 N–H and O–H groups in total. The molecule has 116 valence electrons. The average Bonchev–Trinajstić information content (AvgIpc) is 2.92. The highest BCUT2D eigenvalue weighted by Gasteiger charge is 2.19. The van der Waals surface area contributed by atoms with E-state index < -0.39 is 0 Å². The summed E-state index contributed by atoms with van der Waals surface area (Å²) in [4.78, 5) is 12.4. The minimum absolute atomic E-state index is 0.108. The lowest BCUT2D eigenvalue weighted by Crippen LogP contribution is -2.15. The predicted molar refractivity (Wildman–Crippen MR) is 89.6 cm³/mol. The van der Waals surface area contributed by atoms with Gasteiger partial charge in [-0.05, 0) is 37.1 Å². The SMILES string of the molecule is Cc1ccccc1NC(=O)c1nnn(-c2ccccc2C)c1N. The van der Waals surface area contributed by atoms with E-state index in [-0.39, 0.29) is 17.4 Å². The Morgan fingerprint density at radius 1 is 1.04 bits per heavy atom. The molecule has 0 radical (unpaired) electrons. The third-order valence-electron chi connectivity index (χ3n) is 3.66. The highest BCUT2D eigenvalue weighted by atomic mass is 16.2. The van der Waals surface area contributed by atoms with Crippen LogP contribution in [0.4, 0.5) is 11.5 Å². The first kappa shape index (κ1) is 14.8. The number of para-hydroxylation sites is 2. The Bertz CT molecular complexity index is 869. The molecule has 0 bridgehead atoms. The summed E-state index contributed by atoms with van der Waals surface area (Å²) in [7, 11) is 0. The Hall–Kier alpha value is -3.15. The van der Waals surface area contributed by atoms with Crippen LogP contribution in [-0.2, 0) is 0 Å². The number of carbonyl (C=O) groups is 1. The zero-order valence-corrected chi connectivity index (χ0v) is 12.9. The van der Waals surface area contributed by atoms with Crippen LogP contribution in [-0.4, -0.2) is 20.9 Å². The number of amides is 1. The van der Waals surface area contributed by atoms with Gasteiger partial charge in [0.25, 0.3) is 5.91 Å². The van der Waals surface area contributed by atoms with Crippen molar-refractivity contribution in [2.24, 2.45) is 0 Å². The van der Waals surface area contributed by atoms with Crippen LogP contribution in [0, 0.1) is 13.8 Å². The van der Waals surface area contributed by atoms with Gasteiger partial charge in [-0.2, -0.15) is 4.68 Å². The fraction of sp³-hybridized carbons (Fsp3) is 0.118. The smallest absolute Gasteiger partial charge is 0.280 e. The Morgan fingerprint density at radius 3 is 2.39 bits per heavy atom. The lowest BCUT2D eigenvalue weighted by Gasteiger charge is -2.08. The van der Waals surface area contributed by atoms with E-state index in [0.717, 1.165) is 22.5 Å². The van der Waals surface area contributed by atoms with Gasteiger partial charge in [0.2, 0.25) is 0 Å². The molecule has 6 nitrogen and oxygen atoms in total. The summed E-state index contributed by atoms with van der Waals surface area (Å²) >= 11 is 0. The molecule has 2 aromatic carbocycles. The molecule has 0 aliphatic carbocycles. The maximum atomic E-state index is 12.4. The molecule has 0 unspecified atom stereocenters. The van der Waals surface area contributed by atoms with Gasteiger partial charge >= 0.3 is 0 Å². The van der Waals surface area contributed by atoms with Crippen molar-refractivity contribution in [1.29, 1.82) is 0 Å². The third-order valence-corrected chi connectivity index (χ3v) is 3.66. The van der Waals surface area contributed by atoms with Crippen LogP contribution in [0.15, 0.2) is 48.5 Å². The van der Waals surface area contributed by atoms with Crippen molar-refractivity contribution in [1.82, 2.24) is 15.0 Å². The Kier molecular flexibility index (Phi) is 3.80. The van der Waals surface area contributed by atoms with Crippen LogP contribution in [0.3, 0.4) is 0 Å². The standard InChI is InChI=1S/C17H17N5O/c1-11-7-3-5-9-13(11)19-17(23)15-16(18)22(21-20-15)14-10-6-4-8-12(14)2/h3-10H,18H2,1-2H3,(H,19,23). The van der Waals surface area contributed by atoms with E-state index >= 15 is 0 Å². The second-order valence-corrected chi connectivity index (χ2v) is 5.29. The predicted octanol–water partition coefficient (Wildman–Crippen LogP) is 2.72. The minimum Gasteiger partial charge on any atom is -0.382 e. The summed E-state index contributed by atoms with van der Waals surface area (Å²) in [6, 6.07) is 15.2.